The fraction of sp³-hybridized carbons (Fsp3) is 0.538. The van der Waals surface area contributed by atoms with Crippen molar-refractivity contribution in [2.45, 2.75) is 37.8 Å². The zero-order chi connectivity index (χ0) is 14.2. The van der Waals surface area contributed by atoms with Gasteiger partial charge in [0.05, 0.1) is 4.90 Å². The Labute approximate surface area is 135 Å². The van der Waals surface area contributed by atoms with Crippen molar-refractivity contribution in [3.63, 3.8) is 0 Å². The van der Waals surface area contributed by atoms with Gasteiger partial charge in [0.2, 0.25) is 10.0 Å². The van der Waals surface area contributed by atoms with Gasteiger partial charge < -0.3 is 5.32 Å². The summed E-state index contributed by atoms with van der Waals surface area (Å²) in [5, 5.41) is 3.29. The normalized spacial score (nSPS) is 24.2. The van der Waals surface area contributed by atoms with E-state index in [1.54, 1.807) is 16.4 Å². The van der Waals surface area contributed by atoms with E-state index in [-0.39, 0.29) is 24.5 Å². The van der Waals surface area contributed by atoms with Gasteiger partial charge in [-0.1, -0.05) is 15.9 Å². The van der Waals surface area contributed by atoms with Crippen LogP contribution < -0.4 is 5.32 Å². The summed E-state index contributed by atoms with van der Waals surface area (Å²) >= 11 is 3.36. The molecule has 0 radical (unpaired) electrons. The lowest BCUT2D eigenvalue weighted by atomic mass is 10.1. The summed E-state index contributed by atoms with van der Waals surface area (Å²) in [4.78, 5) is 0.361. The fourth-order valence-electron chi connectivity index (χ4n) is 2.35. The number of nitrogens with one attached hydrogen (secondary N) is 1. The Morgan fingerprint density at radius 1 is 1.30 bits per heavy atom. The first-order valence-corrected chi connectivity index (χ1v) is 8.58. The number of aryl methyl sites for hydroxylation is 1. The molecule has 0 spiro atoms. The molecule has 2 atom stereocenters. The monoisotopic (exact) mass is 382 g/mol. The largest absolute Gasteiger partial charge is 0.311 e. The molecular weight excluding hydrogens is 364 g/mol. The summed E-state index contributed by atoms with van der Waals surface area (Å²) in [6.45, 7) is 7.06. The Hall–Kier alpha value is -0.140. The van der Waals surface area contributed by atoms with Crippen molar-refractivity contribution in [3.8, 4) is 0 Å². The second-order valence-corrected chi connectivity index (χ2v) is 7.87. The molecule has 1 aliphatic rings. The number of hydrogen-bond donors (Lipinski definition) is 1. The van der Waals surface area contributed by atoms with Crippen molar-refractivity contribution in [2.24, 2.45) is 0 Å². The number of benzene rings is 1. The highest BCUT2D eigenvalue weighted by Gasteiger charge is 2.34. The molecule has 0 amide bonds. The zero-order valence-electron chi connectivity index (χ0n) is 11.8. The van der Waals surface area contributed by atoms with Gasteiger partial charge in [-0.25, -0.2) is 8.42 Å². The fourth-order valence-corrected chi connectivity index (χ4v) is 4.94. The highest BCUT2D eigenvalue weighted by Crippen LogP contribution is 2.25. The molecule has 7 heteroatoms. The molecule has 1 aliphatic heterocycles. The number of hydrogen-bond acceptors (Lipinski definition) is 3. The van der Waals surface area contributed by atoms with Crippen LogP contribution in [0.15, 0.2) is 27.6 Å². The molecule has 0 saturated carbocycles. The second-order valence-electron chi connectivity index (χ2n) is 5.06. The molecule has 2 rings (SSSR count). The van der Waals surface area contributed by atoms with Crippen LogP contribution in [0.4, 0.5) is 0 Å². The van der Waals surface area contributed by atoms with E-state index < -0.39 is 10.0 Å². The Kier molecular flexibility index (Phi) is 6.04. The van der Waals surface area contributed by atoms with E-state index in [0.717, 1.165) is 10.0 Å². The standard InChI is InChI=1S/C13H19BrN2O2S.ClH/c1-9-6-12(14)8-13(7-9)19(17,18)16-5-4-15-10(2)11(16)3;/h6-8,10-11,15H,4-5H2,1-3H3;1H. The van der Waals surface area contributed by atoms with Gasteiger partial charge in [0, 0.05) is 29.6 Å². The van der Waals surface area contributed by atoms with Crippen molar-refractivity contribution in [1.29, 1.82) is 0 Å². The number of halogens is 2. The van der Waals surface area contributed by atoms with Crippen LogP contribution in [0.1, 0.15) is 19.4 Å². The number of nitrogens with zero attached hydrogens (tertiary/aromatic N) is 1. The Balaban J connectivity index is 0.00000200. The number of sulfonamides is 1. The van der Waals surface area contributed by atoms with Crippen molar-refractivity contribution in [2.75, 3.05) is 13.1 Å². The topological polar surface area (TPSA) is 49.4 Å². The van der Waals surface area contributed by atoms with E-state index in [9.17, 15) is 8.42 Å². The SMILES string of the molecule is Cc1cc(Br)cc(S(=O)(=O)N2CCNC(C)C2C)c1.Cl. The first kappa shape index (κ1) is 17.9. The predicted octanol–water partition coefficient (Wildman–Crippen LogP) is 2.55. The first-order valence-electron chi connectivity index (χ1n) is 6.35. The van der Waals surface area contributed by atoms with Crippen LogP contribution in [0.2, 0.25) is 0 Å². The van der Waals surface area contributed by atoms with Gasteiger partial charge in [0.1, 0.15) is 0 Å². The molecule has 1 fully saturated rings. The molecular formula is C13H20BrClN2O2S. The van der Waals surface area contributed by atoms with Crippen LogP contribution in [0, 0.1) is 6.92 Å². The van der Waals surface area contributed by atoms with Crippen LogP contribution in [0.5, 0.6) is 0 Å². The summed E-state index contributed by atoms with van der Waals surface area (Å²) in [5.41, 5.74) is 0.934. The van der Waals surface area contributed by atoms with Crippen molar-refractivity contribution < 1.29 is 8.42 Å². The minimum Gasteiger partial charge on any atom is -0.311 e. The zero-order valence-corrected chi connectivity index (χ0v) is 15.0. The van der Waals surface area contributed by atoms with Gasteiger partial charge in [-0.05, 0) is 44.5 Å². The molecule has 1 saturated heterocycles. The Morgan fingerprint density at radius 3 is 2.55 bits per heavy atom. The third-order valence-corrected chi connectivity index (χ3v) is 6.02. The van der Waals surface area contributed by atoms with Crippen LogP contribution in [0.3, 0.4) is 0 Å². The molecule has 20 heavy (non-hydrogen) atoms. The highest BCUT2D eigenvalue weighted by atomic mass is 79.9. The van der Waals surface area contributed by atoms with E-state index in [1.165, 1.54) is 0 Å². The molecule has 114 valence electrons. The quantitative estimate of drug-likeness (QED) is 0.854. The van der Waals surface area contributed by atoms with Gasteiger partial charge >= 0.3 is 0 Å². The van der Waals surface area contributed by atoms with Gasteiger partial charge in [-0.2, -0.15) is 4.31 Å². The molecule has 4 nitrogen and oxygen atoms in total. The van der Waals surface area contributed by atoms with Crippen LogP contribution >= 0.6 is 28.3 Å². The second kappa shape index (κ2) is 6.75. The van der Waals surface area contributed by atoms with Crippen molar-refractivity contribution in [1.82, 2.24) is 9.62 Å². The Morgan fingerprint density at radius 2 is 1.95 bits per heavy atom. The lowest BCUT2D eigenvalue weighted by molar-refractivity contribution is 0.233. The van der Waals surface area contributed by atoms with E-state index in [4.69, 9.17) is 0 Å². The van der Waals surface area contributed by atoms with E-state index in [1.807, 2.05) is 26.8 Å². The van der Waals surface area contributed by atoms with Gasteiger partial charge in [-0.3, -0.25) is 0 Å². The first-order chi connectivity index (χ1) is 8.82. The van der Waals surface area contributed by atoms with Crippen LogP contribution in [-0.4, -0.2) is 37.9 Å². The predicted molar refractivity (Wildman–Crippen MR) is 86.9 cm³/mol. The Bertz CT molecular complexity index is 559. The maximum atomic E-state index is 12.7. The van der Waals surface area contributed by atoms with E-state index in [2.05, 4.69) is 21.2 Å². The molecule has 2 unspecified atom stereocenters. The summed E-state index contributed by atoms with van der Waals surface area (Å²) in [6.07, 6.45) is 0. The third-order valence-electron chi connectivity index (χ3n) is 3.60. The van der Waals surface area contributed by atoms with Gasteiger partial charge in [0.15, 0.2) is 0 Å². The van der Waals surface area contributed by atoms with E-state index >= 15 is 0 Å². The molecule has 1 aromatic rings. The minimum absolute atomic E-state index is 0. The smallest absolute Gasteiger partial charge is 0.243 e. The lowest BCUT2D eigenvalue weighted by Gasteiger charge is -2.37. The summed E-state index contributed by atoms with van der Waals surface area (Å²) < 4.78 is 27.8. The van der Waals surface area contributed by atoms with Crippen molar-refractivity contribution in [3.05, 3.63) is 28.2 Å². The summed E-state index contributed by atoms with van der Waals surface area (Å²) in [5.74, 6) is 0. The number of rotatable bonds is 2. The van der Waals surface area contributed by atoms with E-state index in [0.29, 0.717) is 18.0 Å². The maximum Gasteiger partial charge on any atom is 0.243 e. The molecule has 0 bridgehead atoms. The van der Waals surface area contributed by atoms with Gasteiger partial charge in [0.25, 0.3) is 0 Å². The summed E-state index contributed by atoms with van der Waals surface area (Å²) in [6, 6.07) is 5.42. The molecule has 1 N–H and O–H groups in total. The average Bonchev–Trinajstić information content (AvgIpc) is 2.31. The molecule has 1 aromatic carbocycles. The minimum atomic E-state index is -3.43. The molecule has 0 aliphatic carbocycles. The maximum absolute atomic E-state index is 12.7. The van der Waals surface area contributed by atoms with Crippen molar-refractivity contribution >= 4 is 38.4 Å². The highest BCUT2D eigenvalue weighted by molar-refractivity contribution is 9.10. The average molecular weight is 384 g/mol. The van der Waals surface area contributed by atoms with Gasteiger partial charge in [-0.15, -0.1) is 12.4 Å². The molecule has 1 heterocycles. The lowest BCUT2D eigenvalue weighted by Crippen LogP contribution is -2.57. The third kappa shape index (κ3) is 3.54. The number of piperazine rings is 1. The van der Waals surface area contributed by atoms with Crippen LogP contribution in [-0.2, 0) is 10.0 Å². The van der Waals surface area contributed by atoms with Crippen LogP contribution in [0.25, 0.3) is 0 Å². The summed E-state index contributed by atoms with van der Waals surface area (Å²) in [7, 11) is -3.43. The molecule has 0 aromatic heterocycles.